The van der Waals surface area contributed by atoms with Crippen molar-refractivity contribution >= 4 is 17.6 Å². The predicted molar refractivity (Wildman–Crippen MR) is 118 cm³/mol. The number of carboxylic acids is 1. The highest BCUT2D eigenvalue weighted by Gasteiger charge is 2.30. The second-order valence-corrected chi connectivity index (χ2v) is 8.88. The van der Waals surface area contributed by atoms with Crippen molar-refractivity contribution in [3.05, 3.63) is 70.3 Å². The van der Waals surface area contributed by atoms with Crippen LogP contribution in [0.25, 0.3) is 11.6 Å². The summed E-state index contributed by atoms with van der Waals surface area (Å²) in [5.74, 6) is 1.72. The lowest BCUT2D eigenvalue weighted by Gasteiger charge is -2.36. The lowest BCUT2D eigenvalue weighted by molar-refractivity contribution is 0.0697. The van der Waals surface area contributed by atoms with Crippen molar-refractivity contribution in [2.75, 3.05) is 0 Å². The first-order valence-electron chi connectivity index (χ1n) is 10.4. The van der Waals surface area contributed by atoms with Crippen molar-refractivity contribution in [3.63, 3.8) is 0 Å². The Balaban J connectivity index is 1.96. The Labute approximate surface area is 169 Å². The van der Waals surface area contributed by atoms with Gasteiger partial charge in [-0.25, -0.2) is 4.79 Å². The molecule has 2 aromatic rings. The van der Waals surface area contributed by atoms with Crippen LogP contribution >= 0.6 is 0 Å². The summed E-state index contributed by atoms with van der Waals surface area (Å²) in [5, 5.41) is 9.06. The number of allylic oxidation sites excluding steroid dienone is 1. The number of fused-ring (bicyclic) bond motifs is 1. The highest BCUT2D eigenvalue weighted by molar-refractivity contribution is 5.88. The Morgan fingerprint density at radius 2 is 1.43 bits per heavy atom. The van der Waals surface area contributed by atoms with Crippen LogP contribution in [0.3, 0.4) is 0 Å². The number of hydrogen-bond acceptors (Lipinski definition) is 1. The largest absolute Gasteiger partial charge is 0.478 e. The summed E-state index contributed by atoms with van der Waals surface area (Å²) in [7, 11) is 0. The Kier molecular flexibility index (Phi) is 6.07. The molecule has 0 heterocycles. The molecule has 1 aliphatic rings. The maximum Gasteiger partial charge on any atom is 0.335 e. The molecule has 2 heteroatoms. The molecule has 0 saturated carbocycles. The van der Waals surface area contributed by atoms with Crippen LogP contribution in [0.1, 0.15) is 91.9 Å². The zero-order chi connectivity index (χ0) is 20.4. The minimum Gasteiger partial charge on any atom is -0.478 e. The highest BCUT2D eigenvalue weighted by atomic mass is 16.4. The van der Waals surface area contributed by atoms with Crippen molar-refractivity contribution in [1.82, 2.24) is 0 Å². The van der Waals surface area contributed by atoms with Gasteiger partial charge in [0.15, 0.2) is 0 Å². The number of hydrogen-bond donors (Lipinski definition) is 1. The minimum absolute atomic E-state index is 0.322. The van der Waals surface area contributed by atoms with E-state index < -0.39 is 5.97 Å². The molecule has 0 bridgehead atoms. The average molecular weight is 377 g/mol. The van der Waals surface area contributed by atoms with Gasteiger partial charge in [0, 0.05) is 0 Å². The van der Waals surface area contributed by atoms with E-state index in [0.717, 1.165) is 5.56 Å². The molecule has 1 N–H and O–H groups in total. The smallest absolute Gasteiger partial charge is 0.335 e. The lowest BCUT2D eigenvalue weighted by atomic mass is 9.69. The second kappa shape index (κ2) is 8.34. The first-order valence-corrected chi connectivity index (χ1v) is 10.4. The van der Waals surface area contributed by atoms with E-state index >= 15 is 0 Å². The fourth-order valence-electron chi connectivity index (χ4n) is 4.59. The summed E-state index contributed by atoms with van der Waals surface area (Å²) in [6.07, 6.45) is 4.70. The van der Waals surface area contributed by atoms with Crippen molar-refractivity contribution in [2.45, 2.75) is 59.3 Å². The van der Waals surface area contributed by atoms with Crippen LogP contribution < -0.4 is 0 Å². The molecule has 0 aromatic heterocycles. The average Bonchev–Trinajstić information content (AvgIpc) is 2.66. The Hall–Kier alpha value is -2.35. The normalized spacial score (nSPS) is 19.8. The van der Waals surface area contributed by atoms with Gasteiger partial charge < -0.3 is 5.11 Å². The Bertz CT molecular complexity index is 872. The van der Waals surface area contributed by atoms with Gasteiger partial charge in [-0.3, -0.25) is 0 Å². The molecular weight excluding hydrogens is 344 g/mol. The van der Waals surface area contributed by atoms with E-state index in [2.05, 4.69) is 58.9 Å². The number of rotatable bonds is 5. The molecule has 0 amide bonds. The van der Waals surface area contributed by atoms with E-state index in [-0.39, 0.29) is 0 Å². The molecule has 0 radical (unpaired) electrons. The van der Waals surface area contributed by atoms with E-state index in [9.17, 15) is 4.79 Å². The van der Waals surface area contributed by atoms with Crippen LogP contribution in [-0.4, -0.2) is 11.1 Å². The number of benzene rings is 2. The molecular formula is C26H32O2. The molecule has 2 aromatic carbocycles. The van der Waals surface area contributed by atoms with E-state index in [1.54, 1.807) is 17.7 Å². The van der Waals surface area contributed by atoms with Crippen molar-refractivity contribution in [3.8, 4) is 0 Å². The zero-order valence-electron chi connectivity index (χ0n) is 17.7. The molecule has 0 saturated heterocycles. The molecule has 0 aliphatic heterocycles. The van der Waals surface area contributed by atoms with Crippen molar-refractivity contribution < 1.29 is 9.90 Å². The van der Waals surface area contributed by atoms with E-state index in [1.165, 1.54) is 29.5 Å². The van der Waals surface area contributed by atoms with Gasteiger partial charge in [-0.15, -0.1) is 0 Å². The summed E-state index contributed by atoms with van der Waals surface area (Å²) in [5.41, 5.74) is 6.90. The van der Waals surface area contributed by atoms with E-state index in [4.69, 9.17) is 5.11 Å². The summed E-state index contributed by atoms with van der Waals surface area (Å²) in [4.78, 5) is 11.0. The number of aromatic carboxylic acids is 1. The van der Waals surface area contributed by atoms with E-state index in [0.29, 0.717) is 29.2 Å². The SMILES string of the molecule is C/C(=C\c1ccc(C(=O)O)cc1)c1ccc2c(c1)C(C(C)C)CCC2C(C)C. The molecule has 3 rings (SSSR count). The van der Waals surface area contributed by atoms with Gasteiger partial charge in [-0.1, -0.05) is 64.1 Å². The third-order valence-electron chi connectivity index (χ3n) is 6.28. The monoisotopic (exact) mass is 376 g/mol. The molecule has 2 nitrogen and oxygen atoms in total. The first-order chi connectivity index (χ1) is 13.3. The maximum atomic E-state index is 11.0. The Morgan fingerprint density at radius 3 is 1.96 bits per heavy atom. The van der Waals surface area contributed by atoms with Crippen LogP contribution in [0, 0.1) is 11.8 Å². The van der Waals surface area contributed by atoms with Crippen LogP contribution in [-0.2, 0) is 0 Å². The van der Waals surface area contributed by atoms with Gasteiger partial charge >= 0.3 is 5.97 Å². The molecule has 2 atom stereocenters. The van der Waals surface area contributed by atoms with Gasteiger partial charge in [-0.05, 0) is 83.4 Å². The van der Waals surface area contributed by atoms with Crippen LogP contribution in [0.5, 0.6) is 0 Å². The lowest BCUT2D eigenvalue weighted by Crippen LogP contribution is -2.21. The molecule has 0 spiro atoms. The van der Waals surface area contributed by atoms with Crippen molar-refractivity contribution in [1.29, 1.82) is 0 Å². The summed E-state index contributed by atoms with van der Waals surface area (Å²) in [6, 6.07) is 14.1. The first kappa shape index (κ1) is 20.4. The standard InChI is InChI=1S/C26H32O2/c1-16(2)22-12-13-23(17(3)4)25-15-21(10-11-24(22)25)18(5)14-19-6-8-20(9-7-19)26(27)28/h6-11,14-17,22-23H,12-13H2,1-5H3,(H,27,28)/b18-14+. The Morgan fingerprint density at radius 1 is 0.893 bits per heavy atom. The molecule has 28 heavy (non-hydrogen) atoms. The second-order valence-electron chi connectivity index (χ2n) is 8.88. The minimum atomic E-state index is -0.888. The van der Waals surface area contributed by atoms with Crippen LogP contribution in [0.2, 0.25) is 0 Å². The zero-order valence-corrected chi connectivity index (χ0v) is 17.7. The van der Waals surface area contributed by atoms with Gasteiger partial charge in [0.1, 0.15) is 0 Å². The highest BCUT2D eigenvalue weighted by Crippen LogP contribution is 2.45. The third kappa shape index (κ3) is 4.22. The van der Waals surface area contributed by atoms with Gasteiger partial charge in [0.2, 0.25) is 0 Å². The summed E-state index contributed by atoms with van der Waals surface area (Å²) >= 11 is 0. The number of carbonyl (C=O) groups is 1. The summed E-state index contributed by atoms with van der Waals surface area (Å²) in [6.45, 7) is 11.5. The fourth-order valence-corrected chi connectivity index (χ4v) is 4.59. The predicted octanol–water partition coefficient (Wildman–Crippen LogP) is 7.22. The van der Waals surface area contributed by atoms with Gasteiger partial charge in [0.05, 0.1) is 5.56 Å². The molecule has 0 fully saturated rings. The number of carboxylic acid groups (broad SMARTS) is 1. The van der Waals surface area contributed by atoms with Crippen LogP contribution in [0.4, 0.5) is 0 Å². The van der Waals surface area contributed by atoms with Crippen LogP contribution in [0.15, 0.2) is 42.5 Å². The third-order valence-corrected chi connectivity index (χ3v) is 6.28. The van der Waals surface area contributed by atoms with Gasteiger partial charge in [0.25, 0.3) is 0 Å². The molecule has 148 valence electrons. The molecule has 2 unspecified atom stereocenters. The van der Waals surface area contributed by atoms with Gasteiger partial charge in [-0.2, -0.15) is 0 Å². The summed E-state index contributed by atoms with van der Waals surface area (Å²) < 4.78 is 0. The van der Waals surface area contributed by atoms with Crippen molar-refractivity contribution in [2.24, 2.45) is 11.8 Å². The topological polar surface area (TPSA) is 37.3 Å². The molecule has 1 aliphatic carbocycles. The van der Waals surface area contributed by atoms with E-state index in [1.807, 2.05) is 12.1 Å². The maximum absolute atomic E-state index is 11.0. The fraction of sp³-hybridized carbons (Fsp3) is 0.423. The quantitative estimate of drug-likeness (QED) is 0.559.